The van der Waals surface area contributed by atoms with E-state index in [1.165, 1.54) is 0 Å². The SMILES string of the molecule is CCc1nccn1-c1cccc([C@@H]2CCCN2c2cc(C)ncn2)n1. The summed E-state index contributed by atoms with van der Waals surface area (Å²) in [6, 6.07) is 8.54. The minimum atomic E-state index is 0.253. The van der Waals surface area contributed by atoms with E-state index in [0.717, 1.165) is 54.7 Å². The molecule has 6 heteroatoms. The van der Waals surface area contributed by atoms with E-state index in [4.69, 9.17) is 4.98 Å². The highest BCUT2D eigenvalue weighted by Crippen LogP contribution is 2.34. The van der Waals surface area contributed by atoms with Gasteiger partial charge in [-0.15, -0.1) is 0 Å². The molecule has 4 rings (SSSR count). The van der Waals surface area contributed by atoms with E-state index in [0.29, 0.717) is 0 Å². The molecule has 1 atom stereocenters. The number of aryl methyl sites for hydroxylation is 2. The molecule has 3 aromatic rings. The molecule has 0 unspecified atom stereocenters. The van der Waals surface area contributed by atoms with Crippen molar-refractivity contribution in [1.82, 2.24) is 24.5 Å². The lowest BCUT2D eigenvalue weighted by Gasteiger charge is -2.25. The van der Waals surface area contributed by atoms with Crippen molar-refractivity contribution in [1.29, 1.82) is 0 Å². The molecule has 1 saturated heterocycles. The Kier molecular flexibility index (Phi) is 4.17. The number of imidazole rings is 1. The van der Waals surface area contributed by atoms with Crippen LogP contribution in [0.25, 0.3) is 5.82 Å². The summed E-state index contributed by atoms with van der Waals surface area (Å²) in [6.45, 7) is 5.11. The van der Waals surface area contributed by atoms with Crippen molar-refractivity contribution in [3.05, 3.63) is 60.2 Å². The van der Waals surface area contributed by atoms with Crippen molar-refractivity contribution >= 4 is 5.82 Å². The smallest absolute Gasteiger partial charge is 0.138 e. The molecule has 6 nitrogen and oxygen atoms in total. The van der Waals surface area contributed by atoms with Crippen molar-refractivity contribution < 1.29 is 0 Å². The van der Waals surface area contributed by atoms with E-state index >= 15 is 0 Å². The van der Waals surface area contributed by atoms with E-state index < -0.39 is 0 Å². The van der Waals surface area contributed by atoms with Crippen molar-refractivity contribution in [2.75, 3.05) is 11.4 Å². The molecule has 0 aliphatic carbocycles. The summed E-state index contributed by atoms with van der Waals surface area (Å²) in [6.07, 6.45) is 8.57. The Bertz CT molecular complexity index is 872. The van der Waals surface area contributed by atoms with Crippen LogP contribution in [0.4, 0.5) is 5.82 Å². The predicted octanol–water partition coefficient (Wildman–Crippen LogP) is 3.27. The highest BCUT2D eigenvalue weighted by molar-refractivity contribution is 5.43. The quantitative estimate of drug-likeness (QED) is 0.733. The Labute approximate surface area is 147 Å². The highest BCUT2D eigenvalue weighted by atomic mass is 15.2. The van der Waals surface area contributed by atoms with Crippen LogP contribution < -0.4 is 4.90 Å². The predicted molar refractivity (Wildman–Crippen MR) is 96.8 cm³/mol. The van der Waals surface area contributed by atoms with E-state index in [1.807, 2.05) is 31.5 Å². The first kappa shape index (κ1) is 15.7. The van der Waals surface area contributed by atoms with Crippen LogP contribution in [0.1, 0.15) is 43.0 Å². The molecule has 128 valence electrons. The van der Waals surface area contributed by atoms with Gasteiger partial charge in [0.1, 0.15) is 23.8 Å². The molecule has 0 radical (unpaired) electrons. The zero-order valence-electron chi connectivity index (χ0n) is 14.6. The van der Waals surface area contributed by atoms with Gasteiger partial charge in [-0.2, -0.15) is 0 Å². The molecule has 1 fully saturated rings. The molecular formula is C19H22N6. The van der Waals surface area contributed by atoms with Crippen LogP contribution in [0.15, 0.2) is 43.0 Å². The first-order chi connectivity index (χ1) is 12.3. The molecule has 4 heterocycles. The summed E-state index contributed by atoms with van der Waals surface area (Å²) in [5.41, 5.74) is 2.07. The van der Waals surface area contributed by atoms with Crippen molar-refractivity contribution in [2.45, 2.75) is 39.2 Å². The van der Waals surface area contributed by atoms with Crippen LogP contribution >= 0.6 is 0 Å². The van der Waals surface area contributed by atoms with Gasteiger partial charge in [0.25, 0.3) is 0 Å². The topological polar surface area (TPSA) is 59.7 Å². The fraction of sp³-hybridized carbons (Fsp3) is 0.368. The lowest BCUT2D eigenvalue weighted by molar-refractivity contribution is 0.681. The van der Waals surface area contributed by atoms with Crippen LogP contribution in [-0.2, 0) is 6.42 Å². The Hall–Kier alpha value is -2.76. The van der Waals surface area contributed by atoms with Crippen molar-refractivity contribution in [3.8, 4) is 5.82 Å². The van der Waals surface area contributed by atoms with Gasteiger partial charge in [0.15, 0.2) is 0 Å². The summed E-state index contributed by atoms with van der Waals surface area (Å²) in [7, 11) is 0. The number of nitrogens with zero attached hydrogens (tertiary/aromatic N) is 6. The van der Waals surface area contributed by atoms with E-state index in [-0.39, 0.29) is 6.04 Å². The summed E-state index contributed by atoms with van der Waals surface area (Å²) >= 11 is 0. The molecule has 0 N–H and O–H groups in total. The van der Waals surface area contributed by atoms with E-state index in [2.05, 4.69) is 43.5 Å². The van der Waals surface area contributed by atoms with Crippen LogP contribution in [-0.4, -0.2) is 31.0 Å². The molecule has 0 amide bonds. The van der Waals surface area contributed by atoms with Crippen molar-refractivity contribution in [2.24, 2.45) is 0 Å². The maximum absolute atomic E-state index is 4.94. The first-order valence-electron chi connectivity index (χ1n) is 8.81. The molecular weight excluding hydrogens is 312 g/mol. The van der Waals surface area contributed by atoms with Crippen LogP contribution in [0, 0.1) is 6.92 Å². The van der Waals surface area contributed by atoms with Crippen LogP contribution in [0.3, 0.4) is 0 Å². The Balaban J connectivity index is 1.68. The molecule has 0 bridgehead atoms. The van der Waals surface area contributed by atoms with Gasteiger partial charge < -0.3 is 4.90 Å². The van der Waals surface area contributed by atoms with Gasteiger partial charge >= 0.3 is 0 Å². The van der Waals surface area contributed by atoms with Crippen LogP contribution in [0.5, 0.6) is 0 Å². The van der Waals surface area contributed by atoms with Gasteiger partial charge in [-0.1, -0.05) is 13.0 Å². The van der Waals surface area contributed by atoms with Gasteiger partial charge in [-0.05, 0) is 31.9 Å². The summed E-state index contributed by atoms with van der Waals surface area (Å²) in [5.74, 6) is 2.94. The Morgan fingerprint density at radius 1 is 1.16 bits per heavy atom. The minimum absolute atomic E-state index is 0.253. The zero-order valence-corrected chi connectivity index (χ0v) is 14.6. The average Bonchev–Trinajstić information content (AvgIpc) is 3.31. The number of rotatable bonds is 4. The lowest BCUT2D eigenvalue weighted by atomic mass is 10.1. The number of pyridine rings is 1. The van der Waals surface area contributed by atoms with Gasteiger partial charge in [0.2, 0.25) is 0 Å². The number of aromatic nitrogens is 5. The molecule has 25 heavy (non-hydrogen) atoms. The maximum Gasteiger partial charge on any atom is 0.138 e. The number of hydrogen-bond donors (Lipinski definition) is 0. The fourth-order valence-electron chi connectivity index (χ4n) is 3.51. The molecule has 0 saturated carbocycles. The third kappa shape index (κ3) is 2.99. The van der Waals surface area contributed by atoms with Gasteiger partial charge in [-0.25, -0.2) is 19.9 Å². The molecule has 0 spiro atoms. The standard InChI is InChI=1S/C19H22N6/c1-3-17-20-9-11-25(17)18-8-4-6-15(23-18)16-7-5-10-24(16)19-12-14(2)21-13-22-19/h4,6,8-9,11-13,16H,3,5,7,10H2,1-2H3/t16-/m0/s1. The van der Waals surface area contributed by atoms with Crippen molar-refractivity contribution in [3.63, 3.8) is 0 Å². The van der Waals surface area contributed by atoms with Gasteiger partial charge in [0.05, 0.1) is 11.7 Å². The zero-order chi connectivity index (χ0) is 17.2. The average molecular weight is 334 g/mol. The van der Waals surface area contributed by atoms with E-state index in [9.17, 15) is 0 Å². The summed E-state index contributed by atoms with van der Waals surface area (Å²) < 4.78 is 2.07. The third-order valence-electron chi connectivity index (χ3n) is 4.71. The second-order valence-electron chi connectivity index (χ2n) is 6.36. The largest absolute Gasteiger partial charge is 0.348 e. The lowest BCUT2D eigenvalue weighted by Crippen LogP contribution is -2.24. The monoisotopic (exact) mass is 334 g/mol. The Morgan fingerprint density at radius 2 is 2.08 bits per heavy atom. The fourth-order valence-corrected chi connectivity index (χ4v) is 3.51. The summed E-state index contributed by atoms with van der Waals surface area (Å²) in [4.78, 5) is 20.4. The summed E-state index contributed by atoms with van der Waals surface area (Å²) in [5, 5.41) is 0. The number of hydrogen-bond acceptors (Lipinski definition) is 5. The molecule has 1 aliphatic rings. The molecule has 0 aromatic carbocycles. The third-order valence-corrected chi connectivity index (χ3v) is 4.71. The normalized spacial score (nSPS) is 17.2. The molecule has 3 aromatic heterocycles. The van der Waals surface area contributed by atoms with Gasteiger partial charge in [-0.3, -0.25) is 4.57 Å². The molecule has 1 aliphatic heterocycles. The second kappa shape index (κ2) is 6.63. The second-order valence-corrected chi connectivity index (χ2v) is 6.36. The Morgan fingerprint density at radius 3 is 2.92 bits per heavy atom. The first-order valence-corrected chi connectivity index (χ1v) is 8.81. The highest BCUT2D eigenvalue weighted by Gasteiger charge is 2.28. The van der Waals surface area contributed by atoms with Gasteiger partial charge in [0, 0.05) is 37.1 Å². The maximum atomic E-state index is 4.94. The number of anilines is 1. The van der Waals surface area contributed by atoms with E-state index in [1.54, 1.807) is 6.33 Å². The van der Waals surface area contributed by atoms with Crippen LogP contribution in [0.2, 0.25) is 0 Å². The minimum Gasteiger partial charge on any atom is -0.348 e.